The van der Waals surface area contributed by atoms with Crippen molar-refractivity contribution in [3.05, 3.63) is 59.9 Å². The van der Waals surface area contributed by atoms with Crippen LogP contribution < -0.4 is 5.32 Å². The van der Waals surface area contributed by atoms with Gasteiger partial charge in [-0.2, -0.15) is 0 Å². The molecule has 0 aliphatic carbocycles. The van der Waals surface area contributed by atoms with Crippen molar-refractivity contribution in [1.82, 2.24) is 9.29 Å². The maximum atomic E-state index is 13.1. The van der Waals surface area contributed by atoms with Gasteiger partial charge in [0.2, 0.25) is 0 Å². The van der Waals surface area contributed by atoms with E-state index in [-0.39, 0.29) is 19.1 Å². The maximum Gasteiger partial charge on any atom is 0.508 e. The number of hydrogen-bond donors (Lipinski definition) is 1. The first-order valence-electron chi connectivity index (χ1n) is 10.00. The van der Waals surface area contributed by atoms with Gasteiger partial charge < -0.3 is 23.8 Å². The molecule has 1 aromatic heterocycles. The molecule has 3 rings (SSSR count). The standard InChI is InChI=1S/C22H25N3O5S/c1-3-28-22(27)30-15-9-8-14-29-20-16-10-4-5-11-17(16)31-25(2)19(20)21(26)24-18-12-6-7-13-23-18/h4-7,10-13H,3,8-9,14-15H2,1-2H3,(H,23,24,26). The number of nitrogens with zero attached hydrogens (tertiary/aromatic N) is 2. The van der Waals surface area contributed by atoms with Crippen molar-refractivity contribution in [2.45, 2.75) is 24.7 Å². The minimum absolute atomic E-state index is 0.251. The predicted molar refractivity (Wildman–Crippen MR) is 118 cm³/mol. The van der Waals surface area contributed by atoms with Crippen molar-refractivity contribution in [3.8, 4) is 0 Å². The van der Waals surface area contributed by atoms with E-state index in [1.54, 1.807) is 35.6 Å². The summed E-state index contributed by atoms with van der Waals surface area (Å²) in [5, 5.41) is 2.82. The number of hydrogen-bond acceptors (Lipinski definition) is 8. The molecule has 0 bridgehead atoms. The lowest BCUT2D eigenvalue weighted by molar-refractivity contribution is -0.113. The number of rotatable bonds is 9. The first kappa shape index (κ1) is 22.5. The molecule has 0 unspecified atom stereocenters. The number of benzene rings is 1. The molecule has 2 aromatic rings. The first-order valence-corrected chi connectivity index (χ1v) is 10.8. The van der Waals surface area contributed by atoms with Crippen LogP contribution in [0.15, 0.2) is 59.3 Å². The zero-order valence-electron chi connectivity index (χ0n) is 17.5. The van der Waals surface area contributed by atoms with E-state index in [0.29, 0.717) is 36.7 Å². The Balaban J connectivity index is 1.70. The SMILES string of the molecule is CCOC(=O)OCCCCOC1=C(C(=O)Nc2ccccn2)N(C)Sc2ccccc21. The van der Waals surface area contributed by atoms with Crippen LogP contribution in [0.5, 0.6) is 0 Å². The molecule has 31 heavy (non-hydrogen) atoms. The van der Waals surface area contributed by atoms with Crippen molar-refractivity contribution >= 4 is 35.6 Å². The Kier molecular flexibility index (Phi) is 8.17. The van der Waals surface area contributed by atoms with E-state index in [1.807, 2.05) is 31.3 Å². The molecule has 0 saturated carbocycles. The summed E-state index contributed by atoms with van der Waals surface area (Å²) in [5.74, 6) is 0.674. The topological polar surface area (TPSA) is 90.0 Å². The summed E-state index contributed by atoms with van der Waals surface area (Å²) in [6.45, 7) is 2.63. The molecule has 0 atom stereocenters. The predicted octanol–water partition coefficient (Wildman–Crippen LogP) is 4.31. The van der Waals surface area contributed by atoms with E-state index in [9.17, 15) is 9.59 Å². The average Bonchev–Trinajstić information content (AvgIpc) is 2.76. The van der Waals surface area contributed by atoms with Crippen LogP contribution in [0.1, 0.15) is 25.3 Å². The van der Waals surface area contributed by atoms with Crippen molar-refractivity contribution in [1.29, 1.82) is 0 Å². The number of anilines is 1. The molecule has 9 heteroatoms. The second-order valence-electron chi connectivity index (χ2n) is 6.52. The zero-order chi connectivity index (χ0) is 22.1. The van der Waals surface area contributed by atoms with Crippen LogP contribution in [0.4, 0.5) is 10.6 Å². The number of amides is 1. The number of carbonyl (C=O) groups is 2. The highest BCUT2D eigenvalue weighted by Crippen LogP contribution is 2.40. The molecule has 0 spiro atoms. The lowest BCUT2D eigenvalue weighted by Crippen LogP contribution is -2.28. The lowest BCUT2D eigenvalue weighted by atomic mass is 10.1. The maximum absolute atomic E-state index is 13.1. The van der Waals surface area contributed by atoms with Crippen LogP contribution in [0.3, 0.4) is 0 Å². The van der Waals surface area contributed by atoms with Gasteiger partial charge in [-0.1, -0.05) is 18.2 Å². The van der Waals surface area contributed by atoms with Crippen molar-refractivity contribution in [2.24, 2.45) is 0 Å². The summed E-state index contributed by atoms with van der Waals surface area (Å²) in [5.41, 5.74) is 1.27. The van der Waals surface area contributed by atoms with Crippen LogP contribution in [0.2, 0.25) is 0 Å². The van der Waals surface area contributed by atoms with E-state index in [2.05, 4.69) is 10.3 Å². The summed E-state index contributed by atoms with van der Waals surface area (Å²) >= 11 is 1.46. The number of aromatic nitrogens is 1. The highest BCUT2D eigenvalue weighted by molar-refractivity contribution is 7.97. The first-order chi connectivity index (χ1) is 15.1. The molecule has 8 nitrogen and oxygen atoms in total. The van der Waals surface area contributed by atoms with E-state index in [4.69, 9.17) is 14.2 Å². The van der Waals surface area contributed by atoms with Crippen LogP contribution in [-0.4, -0.2) is 48.2 Å². The van der Waals surface area contributed by atoms with Gasteiger partial charge in [0.15, 0.2) is 11.5 Å². The fourth-order valence-corrected chi connectivity index (χ4v) is 3.85. The van der Waals surface area contributed by atoms with Gasteiger partial charge in [0.05, 0.1) is 19.8 Å². The average molecular weight is 444 g/mol. The van der Waals surface area contributed by atoms with Gasteiger partial charge in [0, 0.05) is 23.7 Å². The molecule has 1 aliphatic heterocycles. The van der Waals surface area contributed by atoms with Crippen molar-refractivity contribution in [3.63, 3.8) is 0 Å². The number of pyridine rings is 1. The molecule has 0 radical (unpaired) electrons. The molecule has 164 valence electrons. The number of carbonyl (C=O) groups excluding carboxylic acids is 2. The molecule has 1 N–H and O–H groups in total. The monoisotopic (exact) mass is 443 g/mol. The molecule has 0 saturated heterocycles. The van der Waals surface area contributed by atoms with E-state index in [1.165, 1.54) is 11.9 Å². The van der Waals surface area contributed by atoms with E-state index < -0.39 is 6.16 Å². The molecular formula is C22H25N3O5S. The van der Waals surface area contributed by atoms with E-state index >= 15 is 0 Å². The third kappa shape index (κ3) is 6.14. The number of ether oxygens (including phenoxy) is 3. The smallest absolute Gasteiger partial charge is 0.490 e. The van der Waals surface area contributed by atoms with Crippen LogP contribution in [0.25, 0.3) is 5.76 Å². The highest BCUT2D eigenvalue weighted by atomic mass is 32.2. The van der Waals surface area contributed by atoms with Gasteiger partial charge in [-0.05, 0) is 56.0 Å². The third-order valence-corrected chi connectivity index (χ3v) is 5.29. The molecule has 0 fully saturated rings. The number of nitrogens with one attached hydrogen (secondary N) is 1. The quantitative estimate of drug-likeness (QED) is 0.348. The second-order valence-corrected chi connectivity index (χ2v) is 7.69. The summed E-state index contributed by atoms with van der Waals surface area (Å²) in [7, 11) is 1.82. The van der Waals surface area contributed by atoms with Crippen LogP contribution >= 0.6 is 11.9 Å². The number of likely N-dealkylation sites (N-methyl/N-ethyl adjacent to an activating group) is 1. The summed E-state index contributed by atoms with van der Waals surface area (Å²) in [6.07, 6.45) is 2.22. The summed E-state index contributed by atoms with van der Waals surface area (Å²) in [6, 6.07) is 13.1. The largest absolute Gasteiger partial charge is 0.508 e. The Bertz CT molecular complexity index is 936. The number of unbranched alkanes of at least 4 members (excludes halogenated alkanes) is 1. The van der Waals surface area contributed by atoms with Gasteiger partial charge in [-0.25, -0.2) is 9.78 Å². The molecule has 1 aromatic carbocycles. The second kappa shape index (κ2) is 11.3. The number of fused-ring (bicyclic) bond motifs is 1. The molecular weight excluding hydrogens is 418 g/mol. The summed E-state index contributed by atoms with van der Waals surface area (Å²) in [4.78, 5) is 29.4. The third-order valence-electron chi connectivity index (χ3n) is 4.29. The molecule has 2 heterocycles. The lowest BCUT2D eigenvalue weighted by Gasteiger charge is -2.29. The Morgan fingerprint density at radius 1 is 1.06 bits per heavy atom. The van der Waals surface area contributed by atoms with Gasteiger partial charge in [0.1, 0.15) is 5.82 Å². The Morgan fingerprint density at radius 2 is 1.84 bits per heavy atom. The van der Waals surface area contributed by atoms with Gasteiger partial charge in [0.25, 0.3) is 5.91 Å². The Hall–Kier alpha value is -3.20. The Morgan fingerprint density at radius 3 is 2.61 bits per heavy atom. The van der Waals surface area contributed by atoms with Gasteiger partial charge >= 0.3 is 6.16 Å². The highest BCUT2D eigenvalue weighted by Gasteiger charge is 2.30. The van der Waals surface area contributed by atoms with Crippen LogP contribution in [-0.2, 0) is 19.0 Å². The van der Waals surface area contributed by atoms with Gasteiger partial charge in [-0.15, -0.1) is 0 Å². The normalized spacial score (nSPS) is 12.8. The van der Waals surface area contributed by atoms with Crippen molar-refractivity contribution in [2.75, 3.05) is 32.2 Å². The minimum Gasteiger partial charge on any atom is -0.490 e. The zero-order valence-corrected chi connectivity index (χ0v) is 18.3. The van der Waals surface area contributed by atoms with Gasteiger partial charge in [-0.3, -0.25) is 4.79 Å². The van der Waals surface area contributed by atoms with Crippen LogP contribution in [0, 0.1) is 0 Å². The van der Waals surface area contributed by atoms with Crippen molar-refractivity contribution < 1.29 is 23.8 Å². The molecule has 1 aliphatic rings. The minimum atomic E-state index is -0.667. The fraction of sp³-hybridized carbons (Fsp3) is 0.318. The van der Waals surface area contributed by atoms with E-state index in [0.717, 1.165) is 10.5 Å². The fourth-order valence-electron chi connectivity index (χ4n) is 2.90. The molecule has 1 amide bonds. The summed E-state index contributed by atoms with van der Waals surface area (Å²) < 4.78 is 17.6. The Labute approximate surface area is 185 Å².